The Labute approximate surface area is 128 Å². The number of rotatable bonds is 2. The maximum atomic E-state index is 13.3. The van der Waals surface area contributed by atoms with Crippen LogP contribution in [0.2, 0.25) is 10.0 Å². The van der Waals surface area contributed by atoms with E-state index in [1.165, 1.54) is 12.1 Å². The second kappa shape index (κ2) is 5.35. The van der Waals surface area contributed by atoms with Crippen LogP contribution in [0.15, 0.2) is 36.4 Å². The highest BCUT2D eigenvalue weighted by Gasteiger charge is 2.15. The van der Waals surface area contributed by atoms with Crippen molar-refractivity contribution in [2.24, 2.45) is 0 Å². The highest BCUT2D eigenvalue weighted by Crippen LogP contribution is 2.27. The molecule has 106 valence electrons. The van der Waals surface area contributed by atoms with E-state index in [1.807, 2.05) is 12.1 Å². The first kappa shape index (κ1) is 13.9. The monoisotopic (exact) mass is 323 g/mol. The molecule has 0 aliphatic rings. The first-order valence-electron chi connectivity index (χ1n) is 5.95. The lowest BCUT2D eigenvalue weighted by Gasteiger charge is -2.06. The largest absolute Gasteiger partial charge is 0.320 e. The van der Waals surface area contributed by atoms with Gasteiger partial charge in [-0.1, -0.05) is 41.4 Å². The minimum Gasteiger partial charge on any atom is -0.320 e. The van der Waals surface area contributed by atoms with Gasteiger partial charge >= 0.3 is 0 Å². The number of carbonyl (C=O) groups excluding carboxylic acids is 1. The van der Waals surface area contributed by atoms with Crippen molar-refractivity contribution >= 4 is 45.7 Å². The van der Waals surface area contributed by atoms with Gasteiger partial charge in [0.1, 0.15) is 0 Å². The van der Waals surface area contributed by atoms with E-state index in [-0.39, 0.29) is 15.7 Å². The number of nitrogens with zero attached hydrogens (tertiary/aromatic N) is 1. The van der Waals surface area contributed by atoms with E-state index in [0.717, 1.165) is 5.52 Å². The molecule has 2 aromatic carbocycles. The van der Waals surface area contributed by atoms with E-state index in [9.17, 15) is 9.18 Å². The molecule has 3 aromatic rings. The quantitative estimate of drug-likeness (QED) is 0.692. The van der Waals surface area contributed by atoms with Gasteiger partial charge in [0.15, 0.2) is 11.5 Å². The summed E-state index contributed by atoms with van der Waals surface area (Å²) >= 11 is 11.4. The number of aromatic nitrogens is 2. The van der Waals surface area contributed by atoms with Gasteiger partial charge in [-0.25, -0.2) is 4.39 Å². The lowest BCUT2D eigenvalue weighted by Crippen LogP contribution is -2.13. The molecular formula is C14H8Cl2FN3O. The standard InChI is InChI=1S/C14H8Cl2FN3O/c15-9-5-7(6-10(16)12(9)17)18-14(21)13-8-3-1-2-4-11(8)19-20-13/h1-6H,(H,18,21)(H,19,20). The molecule has 0 atom stereocenters. The Morgan fingerprint density at radius 2 is 1.86 bits per heavy atom. The Hall–Kier alpha value is -2.11. The van der Waals surface area contributed by atoms with Crippen LogP contribution in [0.3, 0.4) is 0 Å². The topological polar surface area (TPSA) is 57.8 Å². The second-order valence-corrected chi connectivity index (χ2v) is 5.14. The number of anilines is 1. The fourth-order valence-corrected chi connectivity index (χ4v) is 2.44. The molecule has 0 fully saturated rings. The smallest absolute Gasteiger partial charge is 0.276 e. The van der Waals surface area contributed by atoms with Crippen molar-refractivity contribution in [3.05, 3.63) is 58.0 Å². The van der Waals surface area contributed by atoms with Crippen LogP contribution in [-0.2, 0) is 0 Å². The predicted molar refractivity (Wildman–Crippen MR) is 80.5 cm³/mol. The number of carbonyl (C=O) groups is 1. The van der Waals surface area contributed by atoms with E-state index in [1.54, 1.807) is 12.1 Å². The average Bonchev–Trinajstić information content (AvgIpc) is 2.88. The molecule has 1 aromatic heterocycles. The van der Waals surface area contributed by atoms with Gasteiger partial charge in [-0.2, -0.15) is 5.10 Å². The number of H-pyrrole nitrogens is 1. The molecule has 0 radical (unpaired) electrons. The third-order valence-electron chi connectivity index (χ3n) is 2.93. The van der Waals surface area contributed by atoms with Crippen molar-refractivity contribution in [3.63, 3.8) is 0 Å². The molecule has 7 heteroatoms. The zero-order valence-electron chi connectivity index (χ0n) is 10.5. The lowest BCUT2D eigenvalue weighted by molar-refractivity contribution is 0.102. The van der Waals surface area contributed by atoms with Crippen LogP contribution in [0.1, 0.15) is 10.5 Å². The zero-order valence-corrected chi connectivity index (χ0v) is 12.0. The highest BCUT2D eigenvalue weighted by molar-refractivity contribution is 6.35. The summed E-state index contributed by atoms with van der Waals surface area (Å²) < 4.78 is 13.3. The molecule has 4 nitrogen and oxygen atoms in total. The van der Waals surface area contributed by atoms with Gasteiger partial charge < -0.3 is 5.32 Å². The molecule has 0 aliphatic carbocycles. The van der Waals surface area contributed by atoms with Gasteiger partial charge in [-0.05, 0) is 18.2 Å². The molecule has 21 heavy (non-hydrogen) atoms. The Morgan fingerprint density at radius 1 is 1.19 bits per heavy atom. The van der Waals surface area contributed by atoms with Gasteiger partial charge in [0.25, 0.3) is 5.91 Å². The first-order valence-corrected chi connectivity index (χ1v) is 6.71. The molecule has 1 heterocycles. The molecule has 0 spiro atoms. The number of halogens is 3. The van der Waals surface area contributed by atoms with Gasteiger partial charge in [-0.3, -0.25) is 9.89 Å². The summed E-state index contributed by atoms with van der Waals surface area (Å²) in [6.45, 7) is 0. The van der Waals surface area contributed by atoms with Crippen LogP contribution >= 0.6 is 23.2 Å². The highest BCUT2D eigenvalue weighted by atomic mass is 35.5. The summed E-state index contributed by atoms with van der Waals surface area (Å²) in [7, 11) is 0. The van der Waals surface area contributed by atoms with E-state index in [2.05, 4.69) is 15.5 Å². The van der Waals surface area contributed by atoms with E-state index >= 15 is 0 Å². The summed E-state index contributed by atoms with van der Waals surface area (Å²) in [5.41, 5.74) is 1.28. The minimum atomic E-state index is -0.721. The van der Waals surface area contributed by atoms with Crippen molar-refractivity contribution in [1.29, 1.82) is 0 Å². The second-order valence-electron chi connectivity index (χ2n) is 4.33. The Morgan fingerprint density at radius 3 is 2.57 bits per heavy atom. The van der Waals surface area contributed by atoms with Crippen molar-refractivity contribution in [1.82, 2.24) is 10.2 Å². The Bertz CT molecular complexity index is 824. The summed E-state index contributed by atoms with van der Waals surface area (Å²) in [5.74, 6) is -1.16. The fourth-order valence-electron chi connectivity index (χ4n) is 1.95. The van der Waals surface area contributed by atoms with E-state index in [0.29, 0.717) is 11.1 Å². The summed E-state index contributed by atoms with van der Waals surface area (Å²) in [6, 6.07) is 9.80. The van der Waals surface area contributed by atoms with Crippen molar-refractivity contribution < 1.29 is 9.18 Å². The molecule has 0 saturated heterocycles. The predicted octanol–water partition coefficient (Wildman–Crippen LogP) is 4.26. The van der Waals surface area contributed by atoms with Crippen LogP contribution in [0.25, 0.3) is 10.9 Å². The van der Waals surface area contributed by atoms with Crippen molar-refractivity contribution in [2.75, 3.05) is 5.32 Å². The number of benzene rings is 2. The molecule has 2 N–H and O–H groups in total. The number of nitrogens with one attached hydrogen (secondary N) is 2. The fraction of sp³-hybridized carbons (Fsp3) is 0. The number of para-hydroxylation sites is 1. The molecular weight excluding hydrogens is 316 g/mol. The van der Waals surface area contributed by atoms with Gasteiger partial charge in [0.2, 0.25) is 0 Å². The Balaban J connectivity index is 1.93. The van der Waals surface area contributed by atoms with Crippen molar-refractivity contribution in [3.8, 4) is 0 Å². The van der Waals surface area contributed by atoms with Crippen molar-refractivity contribution in [2.45, 2.75) is 0 Å². The van der Waals surface area contributed by atoms with E-state index in [4.69, 9.17) is 23.2 Å². The third-order valence-corrected chi connectivity index (χ3v) is 3.48. The molecule has 0 saturated carbocycles. The molecule has 3 rings (SSSR count). The number of fused-ring (bicyclic) bond motifs is 1. The lowest BCUT2D eigenvalue weighted by atomic mass is 10.2. The molecule has 1 amide bonds. The van der Waals surface area contributed by atoms with Gasteiger partial charge in [-0.15, -0.1) is 0 Å². The van der Waals surface area contributed by atoms with Crippen LogP contribution < -0.4 is 5.32 Å². The molecule has 0 aliphatic heterocycles. The van der Waals surface area contributed by atoms with E-state index < -0.39 is 11.7 Å². The van der Waals surface area contributed by atoms with Crippen LogP contribution in [0.4, 0.5) is 10.1 Å². The number of aromatic amines is 1. The van der Waals surface area contributed by atoms with Gasteiger partial charge in [0.05, 0.1) is 15.6 Å². The average molecular weight is 324 g/mol. The molecule has 0 bridgehead atoms. The minimum absolute atomic E-state index is 0.162. The third kappa shape index (κ3) is 2.57. The SMILES string of the molecule is O=C(Nc1cc(Cl)c(F)c(Cl)c1)c1n[nH]c2ccccc12. The number of hydrogen-bond donors (Lipinski definition) is 2. The first-order chi connectivity index (χ1) is 10.1. The summed E-state index contributed by atoms with van der Waals surface area (Å²) in [6.07, 6.45) is 0. The zero-order chi connectivity index (χ0) is 15.0. The normalized spacial score (nSPS) is 10.8. The maximum absolute atomic E-state index is 13.3. The maximum Gasteiger partial charge on any atom is 0.276 e. The summed E-state index contributed by atoms with van der Waals surface area (Å²) in [5, 5.41) is 9.69. The van der Waals surface area contributed by atoms with Gasteiger partial charge in [0, 0.05) is 11.1 Å². The molecule has 0 unspecified atom stereocenters. The van der Waals surface area contributed by atoms with Crippen LogP contribution in [0.5, 0.6) is 0 Å². The number of amides is 1. The summed E-state index contributed by atoms with van der Waals surface area (Å²) in [4.78, 5) is 12.2. The van der Waals surface area contributed by atoms with Crippen LogP contribution in [0, 0.1) is 5.82 Å². The van der Waals surface area contributed by atoms with Crippen LogP contribution in [-0.4, -0.2) is 16.1 Å². The Kier molecular flexibility index (Phi) is 3.53. The number of hydrogen-bond acceptors (Lipinski definition) is 2.